The molecule has 1 heterocycles. The van der Waals surface area contributed by atoms with Gasteiger partial charge in [-0.15, -0.1) is 0 Å². The Morgan fingerprint density at radius 2 is 1.89 bits per heavy atom. The number of nitrogens with one attached hydrogen (secondary N) is 3. The van der Waals surface area contributed by atoms with Crippen LogP contribution < -0.4 is 25.6 Å². The van der Waals surface area contributed by atoms with Gasteiger partial charge in [-0.2, -0.15) is 0 Å². The van der Waals surface area contributed by atoms with Crippen molar-refractivity contribution in [2.75, 3.05) is 13.2 Å². The van der Waals surface area contributed by atoms with E-state index < -0.39 is 0 Å². The number of benzene rings is 2. The smallest absolute Gasteiger partial charge is 0.238 e. The first kappa shape index (κ1) is 20.5. The van der Waals surface area contributed by atoms with Gasteiger partial charge in [-0.25, -0.2) is 10.9 Å². The molecule has 6 nitrogen and oxygen atoms in total. The predicted molar refractivity (Wildman–Crippen MR) is 109 cm³/mol. The summed E-state index contributed by atoms with van der Waals surface area (Å²) in [5.41, 5.74) is 8.25. The summed E-state index contributed by atoms with van der Waals surface area (Å²) in [6.07, 6.45) is 0.652. The minimum absolute atomic E-state index is 0.0458. The molecule has 2 aromatic carbocycles. The third-order valence-corrected chi connectivity index (χ3v) is 4.78. The second kappa shape index (κ2) is 9.78. The fourth-order valence-electron chi connectivity index (χ4n) is 3.19. The highest BCUT2D eigenvalue weighted by atomic mass is 35.5. The lowest BCUT2D eigenvalue weighted by Crippen LogP contribution is -2.42. The van der Waals surface area contributed by atoms with E-state index in [-0.39, 0.29) is 18.0 Å². The molecule has 3 rings (SSSR count). The highest BCUT2D eigenvalue weighted by Gasteiger charge is 2.30. The van der Waals surface area contributed by atoms with Gasteiger partial charge in [0.15, 0.2) is 11.5 Å². The first-order chi connectivity index (χ1) is 13.6. The first-order valence-electron chi connectivity index (χ1n) is 9.53. The quantitative estimate of drug-likeness (QED) is 0.630. The van der Waals surface area contributed by atoms with Crippen molar-refractivity contribution in [2.45, 2.75) is 38.9 Å². The second-order valence-electron chi connectivity index (χ2n) is 6.55. The van der Waals surface area contributed by atoms with Gasteiger partial charge in [0.2, 0.25) is 5.91 Å². The van der Waals surface area contributed by atoms with Crippen LogP contribution in [0.2, 0.25) is 5.02 Å². The predicted octanol–water partition coefficient (Wildman–Crippen LogP) is 3.36. The monoisotopic (exact) mass is 403 g/mol. The fourth-order valence-corrected chi connectivity index (χ4v) is 3.39. The Labute approximate surface area is 170 Å². The third kappa shape index (κ3) is 5.16. The number of ether oxygens (including phenoxy) is 2. The van der Waals surface area contributed by atoms with Crippen LogP contribution in [-0.4, -0.2) is 25.2 Å². The summed E-state index contributed by atoms with van der Waals surface area (Å²) in [6, 6.07) is 13.1. The molecule has 28 heavy (non-hydrogen) atoms. The minimum Gasteiger partial charge on any atom is -0.490 e. The third-order valence-electron chi connectivity index (χ3n) is 4.55. The molecule has 7 heteroatoms. The molecule has 3 N–H and O–H groups in total. The number of amides is 1. The molecule has 150 valence electrons. The molecule has 1 fully saturated rings. The van der Waals surface area contributed by atoms with Gasteiger partial charge in [0.25, 0.3) is 0 Å². The maximum atomic E-state index is 12.5. The molecule has 0 saturated carbocycles. The van der Waals surface area contributed by atoms with Gasteiger partial charge in [-0.3, -0.25) is 4.79 Å². The average molecular weight is 404 g/mol. The molecule has 2 unspecified atom stereocenters. The molecule has 0 radical (unpaired) electrons. The molecule has 0 aliphatic carbocycles. The Hall–Kier alpha value is -2.28. The number of carbonyl (C=O) groups excluding carboxylic acids is 1. The van der Waals surface area contributed by atoms with E-state index in [1.54, 1.807) is 0 Å². The van der Waals surface area contributed by atoms with Crippen LogP contribution in [0.5, 0.6) is 11.5 Å². The molecule has 0 aromatic heterocycles. The summed E-state index contributed by atoms with van der Waals surface area (Å²) in [5, 5.41) is 3.67. The number of carbonyl (C=O) groups is 1. The lowest BCUT2D eigenvalue weighted by molar-refractivity contribution is -0.123. The van der Waals surface area contributed by atoms with Crippen LogP contribution in [0, 0.1) is 0 Å². The minimum atomic E-state index is -0.307. The Morgan fingerprint density at radius 3 is 2.64 bits per heavy atom. The van der Waals surface area contributed by atoms with Crippen LogP contribution in [0.4, 0.5) is 0 Å². The number of hydrogen-bond acceptors (Lipinski definition) is 5. The van der Waals surface area contributed by atoms with Crippen LogP contribution in [-0.2, 0) is 11.3 Å². The Kier molecular flexibility index (Phi) is 7.14. The second-order valence-corrected chi connectivity index (χ2v) is 6.99. The van der Waals surface area contributed by atoms with Crippen molar-refractivity contribution < 1.29 is 14.3 Å². The van der Waals surface area contributed by atoms with Gasteiger partial charge in [0.1, 0.15) is 6.04 Å². The zero-order chi connectivity index (χ0) is 19.9. The molecular formula is C21H26ClN3O3. The van der Waals surface area contributed by atoms with E-state index in [0.717, 1.165) is 11.1 Å². The van der Waals surface area contributed by atoms with E-state index in [1.807, 2.05) is 56.3 Å². The summed E-state index contributed by atoms with van der Waals surface area (Å²) < 4.78 is 11.2. The summed E-state index contributed by atoms with van der Waals surface area (Å²) in [6.45, 7) is 5.41. The maximum Gasteiger partial charge on any atom is 0.238 e. The SMILES string of the molecule is CCOc1ccc(CNC(=O)C2CC(c3cccc(Cl)c3)NN2)cc1OCC. The zero-order valence-corrected chi connectivity index (χ0v) is 16.9. The van der Waals surface area contributed by atoms with E-state index in [4.69, 9.17) is 21.1 Å². The van der Waals surface area contributed by atoms with Crippen molar-refractivity contribution in [3.63, 3.8) is 0 Å². The molecule has 1 saturated heterocycles. The maximum absolute atomic E-state index is 12.5. The van der Waals surface area contributed by atoms with Gasteiger partial charge >= 0.3 is 0 Å². The van der Waals surface area contributed by atoms with Gasteiger partial charge in [-0.05, 0) is 55.7 Å². The normalized spacial score (nSPS) is 18.7. The highest BCUT2D eigenvalue weighted by molar-refractivity contribution is 6.30. The van der Waals surface area contributed by atoms with E-state index in [2.05, 4.69) is 16.2 Å². The van der Waals surface area contributed by atoms with Crippen molar-refractivity contribution in [3.05, 3.63) is 58.6 Å². The summed E-state index contributed by atoms with van der Waals surface area (Å²) in [7, 11) is 0. The molecule has 0 bridgehead atoms. The molecule has 2 atom stereocenters. The highest BCUT2D eigenvalue weighted by Crippen LogP contribution is 2.29. The van der Waals surface area contributed by atoms with E-state index >= 15 is 0 Å². The Bertz CT molecular complexity index is 815. The Morgan fingerprint density at radius 1 is 1.11 bits per heavy atom. The van der Waals surface area contributed by atoms with Gasteiger partial charge in [0.05, 0.1) is 13.2 Å². The van der Waals surface area contributed by atoms with Crippen molar-refractivity contribution in [2.24, 2.45) is 0 Å². The summed E-state index contributed by atoms with van der Waals surface area (Å²) in [4.78, 5) is 12.5. The molecule has 0 spiro atoms. The molecule has 1 aliphatic heterocycles. The van der Waals surface area contributed by atoms with Crippen LogP contribution in [0.15, 0.2) is 42.5 Å². The molecule has 1 aliphatic rings. The van der Waals surface area contributed by atoms with E-state index in [9.17, 15) is 4.79 Å². The fraction of sp³-hybridized carbons (Fsp3) is 0.381. The van der Waals surface area contributed by atoms with Gasteiger partial charge < -0.3 is 14.8 Å². The standard InChI is InChI=1S/C21H26ClN3O3/c1-3-27-19-9-8-14(10-20(19)28-4-2)13-23-21(26)18-12-17(24-25-18)15-6-5-7-16(22)11-15/h5-11,17-18,24-25H,3-4,12-13H2,1-2H3,(H,23,26). The topological polar surface area (TPSA) is 71.6 Å². The Balaban J connectivity index is 1.56. The summed E-state index contributed by atoms with van der Waals surface area (Å²) >= 11 is 6.06. The first-order valence-corrected chi connectivity index (χ1v) is 9.91. The molecule has 2 aromatic rings. The lowest BCUT2D eigenvalue weighted by atomic mass is 10.0. The summed E-state index contributed by atoms with van der Waals surface area (Å²) in [5.74, 6) is 1.35. The lowest BCUT2D eigenvalue weighted by Gasteiger charge is -2.14. The zero-order valence-electron chi connectivity index (χ0n) is 16.1. The molecule has 1 amide bonds. The largest absolute Gasteiger partial charge is 0.490 e. The van der Waals surface area contributed by atoms with Crippen molar-refractivity contribution in [1.82, 2.24) is 16.2 Å². The van der Waals surface area contributed by atoms with E-state index in [1.165, 1.54) is 0 Å². The van der Waals surface area contributed by atoms with Crippen molar-refractivity contribution in [3.8, 4) is 11.5 Å². The van der Waals surface area contributed by atoms with Crippen LogP contribution >= 0.6 is 11.6 Å². The van der Waals surface area contributed by atoms with Gasteiger partial charge in [0, 0.05) is 17.6 Å². The van der Waals surface area contributed by atoms with Crippen LogP contribution in [0.25, 0.3) is 0 Å². The van der Waals surface area contributed by atoms with Crippen molar-refractivity contribution >= 4 is 17.5 Å². The van der Waals surface area contributed by atoms with Crippen LogP contribution in [0.3, 0.4) is 0 Å². The number of rotatable bonds is 8. The number of halogens is 1. The average Bonchev–Trinajstić information content (AvgIpc) is 3.19. The van der Waals surface area contributed by atoms with Crippen molar-refractivity contribution in [1.29, 1.82) is 0 Å². The molecular weight excluding hydrogens is 378 g/mol. The van der Waals surface area contributed by atoms with E-state index in [0.29, 0.717) is 42.7 Å². The number of hydrazine groups is 1. The number of hydrogen-bond donors (Lipinski definition) is 3. The van der Waals surface area contributed by atoms with Gasteiger partial charge in [-0.1, -0.05) is 29.8 Å². The van der Waals surface area contributed by atoms with Crippen LogP contribution in [0.1, 0.15) is 37.4 Å².